The second-order valence-corrected chi connectivity index (χ2v) is 3.83. The first-order chi connectivity index (χ1) is 6.68. The molecule has 0 aromatic rings. The maximum atomic E-state index is 8.36. The second-order valence-electron chi connectivity index (χ2n) is 3.83. The zero-order chi connectivity index (χ0) is 11.4. The Morgan fingerprint density at radius 1 is 1.21 bits per heavy atom. The second kappa shape index (κ2) is 10.6. The topological polar surface area (TPSA) is 37.3 Å². The molecule has 14 heavy (non-hydrogen) atoms. The highest BCUT2D eigenvalue weighted by molar-refractivity contribution is 5.32. The monoisotopic (exact) mass is 202 g/mol. The van der Waals surface area contributed by atoms with E-state index >= 15 is 0 Å². The molecule has 0 bridgehead atoms. The molecule has 1 aliphatic rings. The molecule has 0 aromatic heterocycles. The van der Waals surface area contributed by atoms with Crippen LogP contribution in [0.15, 0.2) is 0 Å². The van der Waals surface area contributed by atoms with Crippen LogP contribution in [0, 0.1) is 5.41 Å². The van der Waals surface area contributed by atoms with E-state index < -0.39 is 0 Å². The fourth-order valence-corrected chi connectivity index (χ4v) is 1.76. The van der Waals surface area contributed by atoms with Gasteiger partial charge in [-0.1, -0.05) is 53.4 Å². The van der Waals surface area contributed by atoms with E-state index in [-0.39, 0.29) is 6.47 Å². The van der Waals surface area contributed by atoms with Gasteiger partial charge in [-0.25, -0.2) is 0 Å². The molecule has 0 radical (unpaired) electrons. The highest BCUT2D eigenvalue weighted by Crippen LogP contribution is 2.37. The Kier molecular flexibility index (Phi) is 12.0. The Bertz CT molecular complexity index is 115. The van der Waals surface area contributed by atoms with Crippen LogP contribution in [-0.2, 0) is 4.79 Å². The summed E-state index contributed by atoms with van der Waals surface area (Å²) >= 11 is 0. The van der Waals surface area contributed by atoms with Crippen molar-refractivity contribution < 1.29 is 9.90 Å². The summed E-state index contributed by atoms with van der Waals surface area (Å²) in [6, 6.07) is 0. The first-order valence-electron chi connectivity index (χ1n) is 5.76. The molecule has 86 valence electrons. The van der Waals surface area contributed by atoms with Gasteiger partial charge >= 0.3 is 0 Å². The summed E-state index contributed by atoms with van der Waals surface area (Å²) < 4.78 is 0. The molecule has 1 fully saturated rings. The van der Waals surface area contributed by atoms with E-state index in [1.165, 1.54) is 38.5 Å². The zero-order valence-electron chi connectivity index (χ0n) is 10.2. The Labute approximate surface area is 88.7 Å². The molecule has 2 heteroatoms. The molecule has 0 aromatic carbocycles. The molecule has 0 aliphatic heterocycles. The molecule has 0 unspecified atom stereocenters. The maximum absolute atomic E-state index is 8.36. The zero-order valence-corrected chi connectivity index (χ0v) is 10.2. The predicted octanol–water partition coefficient (Wildman–Crippen LogP) is 4.09. The van der Waals surface area contributed by atoms with E-state index in [0.29, 0.717) is 0 Å². The van der Waals surface area contributed by atoms with Crippen molar-refractivity contribution in [3.63, 3.8) is 0 Å². The van der Waals surface area contributed by atoms with Crippen LogP contribution < -0.4 is 0 Å². The van der Waals surface area contributed by atoms with Gasteiger partial charge in [0.15, 0.2) is 0 Å². The van der Waals surface area contributed by atoms with E-state index in [2.05, 4.69) is 13.8 Å². The summed E-state index contributed by atoms with van der Waals surface area (Å²) in [6.07, 6.45) is 8.77. The van der Waals surface area contributed by atoms with E-state index in [9.17, 15) is 0 Å². The smallest absolute Gasteiger partial charge is 0.290 e. The van der Waals surface area contributed by atoms with Crippen LogP contribution in [0.5, 0.6) is 0 Å². The normalized spacial score (nSPS) is 18.0. The van der Waals surface area contributed by atoms with E-state index in [1.807, 2.05) is 13.8 Å². The molecule has 0 atom stereocenters. The number of carboxylic acid groups (broad SMARTS) is 1. The molecule has 2 nitrogen and oxygen atoms in total. The van der Waals surface area contributed by atoms with Crippen LogP contribution in [-0.4, -0.2) is 11.6 Å². The number of hydrogen-bond donors (Lipinski definition) is 1. The van der Waals surface area contributed by atoms with Crippen molar-refractivity contribution in [1.29, 1.82) is 0 Å². The minimum Gasteiger partial charge on any atom is -0.483 e. The molecule has 1 saturated carbocycles. The fraction of sp³-hybridized carbons (Fsp3) is 0.917. The van der Waals surface area contributed by atoms with E-state index in [1.54, 1.807) is 0 Å². The van der Waals surface area contributed by atoms with Crippen molar-refractivity contribution in [2.24, 2.45) is 5.41 Å². The minimum atomic E-state index is -0.250. The third-order valence-corrected chi connectivity index (χ3v) is 2.91. The van der Waals surface area contributed by atoms with Gasteiger partial charge in [-0.15, -0.1) is 0 Å². The average Bonchev–Trinajstić information content (AvgIpc) is 2.23. The van der Waals surface area contributed by atoms with Gasteiger partial charge in [0.2, 0.25) is 0 Å². The minimum absolute atomic E-state index is 0.250. The molecule has 0 saturated heterocycles. The lowest BCUT2D eigenvalue weighted by molar-refractivity contribution is -0.122. The lowest BCUT2D eigenvalue weighted by atomic mass is 9.74. The molecule has 1 aliphatic carbocycles. The SMILES string of the molecule is CC.CCC1(C)CCCCC1.O=CO. The van der Waals surface area contributed by atoms with Crippen LogP contribution >= 0.6 is 0 Å². The van der Waals surface area contributed by atoms with Gasteiger partial charge in [-0.3, -0.25) is 4.79 Å². The summed E-state index contributed by atoms with van der Waals surface area (Å²) in [5, 5.41) is 6.89. The maximum Gasteiger partial charge on any atom is 0.290 e. The lowest BCUT2D eigenvalue weighted by Crippen LogP contribution is -2.18. The first-order valence-corrected chi connectivity index (χ1v) is 5.76. The van der Waals surface area contributed by atoms with Crippen molar-refractivity contribution in [2.75, 3.05) is 0 Å². The summed E-state index contributed by atoms with van der Waals surface area (Å²) in [5.41, 5.74) is 0.720. The molecule has 0 spiro atoms. The quantitative estimate of drug-likeness (QED) is 0.650. The predicted molar refractivity (Wildman–Crippen MR) is 61.5 cm³/mol. The Hall–Kier alpha value is -0.530. The molecule has 0 amide bonds. The summed E-state index contributed by atoms with van der Waals surface area (Å²) in [7, 11) is 0. The highest BCUT2D eigenvalue weighted by atomic mass is 16.3. The largest absolute Gasteiger partial charge is 0.483 e. The van der Waals surface area contributed by atoms with Crippen LogP contribution in [0.2, 0.25) is 0 Å². The third-order valence-electron chi connectivity index (χ3n) is 2.91. The van der Waals surface area contributed by atoms with E-state index in [4.69, 9.17) is 9.90 Å². The van der Waals surface area contributed by atoms with E-state index in [0.717, 1.165) is 5.41 Å². The summed E-state index contributed by atoms with van der Waals surface area (Å²) in [4.78, 5) is 8.36. The fourth-order valence-electron chi connectivity index (χ4n) is 1.76. The van der Waals surface area contributed by atoms with Gasteiger partial charge in [-0.05, 0) is 18.3 Å². The van der Waals surface area contributed by atoms with Gasteiger partial charge in [-0.2, -0.15) is 0 Å². The van der Waals surface area contributed by atoms with Crippen molar-refractivity contribution in [1.82, 2.24) is 0 Å². The number of hydrogen-bond acceptors (Lipinski definition) is 1. The third kappa shape index (κ3) is 8.09. The summed E-state index contributed by atoms with van der Waals surface area (Å²) in [5.74, 6) is 0. The molecule has 0 heterocycles. The van der Waals surface area contributed by atoms with Crippen molar-refractivity contribution in [2.45, 2.75) is 66.2 Å². The lowest BCUT2D eigenvalue weighted by Gasteiger charge is -2.32. The number of rotatable bonds is 1. The van der Waals surface area contributed by atoms with Gasteiger partial charge in [0.25, 0.3) is 6.47 Å². The van der Waals surface area contributed by atoms with Crippen molar-refractivity contribution in [3.05, 3.63) is 0 Å². The van der Waals surface area contributed by atoms with Gasteiger partial charge in [0.1, 0.15) is 0 Å². The number of carbonyl (C=O) groups is 1. The van der Waals surface area contributed by atoms with Crippen molar-refractivity contribution in [3.8, 4) is 0 Å². The van der Waals surface area contributed by atoms with Gasteiger partial charge < -0.3 is 5.11 Å². The van der Waals surface area contributed by atoms with Gasteiger partial charge in [0.05, 0.1) is 0 Å². The highest BCUT2D eigenvalue weighted by Gasteiger charge is 2.23. The molecule has 1 rings (SSSR count). The average molecular weight is 202 g/mol. The van der Waals surface area contributed by atoms with Gasteiger partial charge in [0, 0.05) is 0 Å². The molecular formula is C12H26O2. The van der Waals surface area contributed by atoms with Crippen LogP contribution in [0.4, 0.5) is 0 Å². The Morgan fingerprint density at radius 3 is 1.79 bits per heavy atom. The Morgan fingerprint density at radius 2 is 1.57 bits per heavy atom. The first kappa shape index (κ1) is 15.9. The molecular weight excluding hydrogens is 176 g/mol. The summed E-state index contributed by atoms with van der Waals surface area (Å²) in [6.45, 7) is 8.51. The van der Waals surface area contributed by atoms with Crippen LogP contribution in [0.1, 0.15) is 66.2 Å². The standard InChI is InChI=1S/C9H18.C2H6.CH2O2/c1-3-9(2)7-5-4-6-8-9;1-2;2-1-3/h3-8H2,1-2H3;1-2H3;1H,(H,2,3). The van der Waals surface area contributed by atoms with Crippen LogP contribution in [0.25, 0.3) is 0 Å². The molecule has 1 N–H and O–H groups in total. The van der Waals surface area contributed by atoms with Crippen LogP contribution in [0.3, 0.4) is 0 Å². The van der Waals surface area contributed by atoms with Crippen molar-refractivity contribution >= 4 is 6.47 Å². The Balaban J connectivity index is 0.